The van der Waals surface area contributed by atoms with Crippen LogP contribution in [0, 0.1) is 0 Å². The molecule has 8 heteroatoms. The summed E-state index contributed by atoms with van der Waals surface area (Å²) in [5.41, 5.74) is 2.20. The standard InChI is InChI=1S/C25H28N2O6/c1-16(29)25(33-21-10-11-24(32)23(14-21)27-15-28)26-13-12-22(17-2-6-19(30)7-3-17)18-4-8-20(31)9-5-18/h2-11,14-16,22,25-26,29-32H,12-13H2,1H3,(H,27,28). The minimum atomic E-state index is -0.845. The third-order valence-electron chi connectivity index (χ3n) is 5.25. The highest BCUT2D eigenvalue weighted by Crippen LogP contribution is 2.31. The van der Waals surface area contributed by atoms with E-state index in [-0.39, 0.29) is 28.9 Å². The largest absolute Gasteiger partial charge is 0.508 e. The summed E-state index contributed by atoms with van der Waals surface area (Å²) in [6.45, 7) is 2.08. The van der Waals surface area contributed by atoms with E-state index in [9.17, 15) is 25.2 Å². The van der Waals surface area contributed by atoms with E-state index in [2.05, 4.69) is 10.6 Å². The highest BCUT2D eigenvalue weighted by Gasteiger charge is 2.20. The third kappa shape index (κ3) is 6.61. The number of aliphatic hydroxyl groups excluding tert-OH is 1. The Balaban J connectivity index is 1.71. The summed E-state index contributed by atoms with van der Waals surface area (Å²) in [6.07, 6.45) is -0.480. The van der Waals surface area contributed by atoms with Crippen molar-refractivity contribution < 1.29 is 30.0 Å². The first-order valence-corrected chi connectivity index (χ1v) is 10.6. The molecule has 0 radical (unpaired) electrons. The van der Waals surface area contributed by atoms with Gasteiger partial charge < -0.3 is 30.5 Å². The number of benzene rings is 3. The van der Waals surface area contributed by atoms with Crippen LogP contribution in [0.5, 0.6) is 23.0 Å². The summed E-state index contributed by atoms with van der Waals surface area (Å²) in [6, 6.07) is 18.4. The van der Waals surface area contributed by atoms with Crippen molar-refractivity contribution in [2.75, 3.05) is 11.9 Å². The molecule has 0 saturated carbocycles. The molecule has 2 unspecified atom stereocenters. The third-order valence-corrected chi connectivity index (χ3v) is 5.25. The average molecular weight is 453 g/mol. The van der Waals surface area contributed by atoms with Crippen LogP contribution >= 0.6 is 0 Å². The summed E-state index contributed by atoms with van der Waals surface area (Å²) in [5.74, 6) is 0.610. The molecule has 0 aliphatic heterocycles. The first-order chi connectivity index (χ1) is 15.9. The molecule has 0 heterocycles. The van der Waals surface area contributed by atoms with Crippen molar-refractivity contribution >= 4 is 12.1 Å². The topological polar surface area (TPSA) is 131 Å². The van der Waals surface area contributed by atoms with Gasteiger partial charge in [-0.05, 0) is 67.4 Å². The molecule has 0 fully saturated rings. The predicted molar refractivity (Wildman–Crippen MR) is 125 cm³/mol. The molecule has 1 amide bonds. The van der Waals surface area contributed by atoms with E-state index in [1.807, 2.05) is 24.3 Å². The maximum atomic E-state index is 10.7. The number of carbonyl (C=O) groups is 1. The number of hydrogen-bond donors (Lipinski definition) is 6. The molecule has 3 aromatic carbocycles. The molecule has 0 aliphatic rings. The lowest BCUT2D eigenvalue weighted by molar-refractivity contribution is -0.105. The van der Waals surface area contributed by atoms with E-state index in [1.165, 1.54) is 18.2 Å². The Morgan fingerprint density at radius 3 is 2.00 bits per heavy atom. The second-order valence-corrected chi connectivity index (χ2v) is 7.70. The lowest BCUT2D eigenvalue weighted by atomic mass is 9.88. The Kier molecular flexibility index (Phi) is 8.12. The van der Waals surface area contributed by atoms with Crippen LogP contribution in [-0.4, -0.2) is 45.7 Å². The summed E-state index contributed by atoms with van der Waals surface area (Å²) in [5, 5.41) is 44.9. The number of phenols is 3. The number of rotatable bonds is 11. The molecule has 0 spiro atoms. The van der Waals surface area contributed by atoms with Gasteiger partial charge in [-0.1, -0.05) is 24.3 Å². The average Bonchev–Trinajstić information content (AvgIpc) is 2.79. The van der Waals surface area contributed by atoms with E-state index < -0.39 is 12.3 Å². The van der Waals surface area contributed by atoms with Crippen molar-refractivity contribution in [1.29, 1.82) is 0 Å². The van der Waals surface area contributed by atoms with Gasteiger partial charge in [0.15, 0.2) is 6.23 Å². The van der Waals surface area contributed by atoms with Gasteiger partial charge in [0.25, 0.3) is 0 Å². The SMILES string of the molecule is CC(O)C(NCCC(c1ccc(O)cc1)c1ccc(O)cc1)Oc1ccc(O)c(NC=O)c1. The Morgan fingerprint density at radius 1 is 0.909 bits per heavy atom. The predicted octanol–water partition coefficient (Wildman–Crippen LogP) is 3.27. The molecule has 3 aromatic rings. The van der Waals surface area contributed by atoms with Crippen LogP contribution in [0.3, 0.4) is 0 Å². The number of phenolic OH excluding ortho intramolecular Hbond substituents is 3. The monoisotopic (exact) mass is 452 g/mol. The summed E-state index contributed by atoms with van der Waals surface area (Å²) in [7, 11) is 0. The summed E-state index contributed by atoms with van der Waals surface area (Å²) < 4.78 is 5.85. The fourth-order valence-electron chi connectivity index (χ4n) is 3.53. The number of amides is 1. The van der Waals surface area contributed by atoms with E-state index in [4.69, 9.17) is 4.74 Å². The molecular formula is C25H28N2O6. The van der Waals surface area contributed by atoms with Gasteiger partial charge in [0, 0.05) is 12.0 Å². The maximum absolute atomic E-state index is 10.7. The van der Waals surface area contributed by atoms with E-state index in [0.717, 1.165) is 11.1 Å². The van der Waals surface area contributed by atoms with Crippen molar-refractivity contribution in [2.45, 2.75) is 31.6 Å². The van der Waals surface area contributed by atoms with Crippen molar-refractivity contribution in [3.63, 3.8) is 0 Å². The zero-order valence-electron chi connectivity index (χ0n) is 18.2. The van der Waals surface area contributed by atoms with Gasteiger partial charge in [-0.25, -0.2) is 0 Å². The van der Waals surface area contributed by atoms with E-state index >= 15 is 0 Å². The molecule has 0 aromatic heterocycles. The van der Waals surface area contributed by atoms with E-state index in [0.29, 0.717) is 25.1 Å². The Bertz CT molecular complexity index is 992. The number of hydrogen-bond acceptors (Lipinski definition) is 7. The minimum Gasteiger partial charge on any atom is -0.508 e. The van der Waals surface area contributed by atoms with Gasteiger partial charge in [-0.15, -0.1) is 0 Å². The zero-order valence-corrected chi connectivity index (χ0v) is 18.2. The molecule has 0 bridgehead atoms. The Morgan fingerprint density at radius 2 is 1.48 bits per heavy atom. The maximum Gasteiger partial charge on any atom is 0.211 e. The number of carbonyl (C=O) groups excluding carboxylic acids is 1. The van der Waals surface area contributed by atoms with E-state index in [1.54, 1.807) is 31.2 Å². The Labute approximate surface area is 192 Å². The molecule has 6 N–H and O–H groups in total. The normalized spacial score (nSPS) is 12.8. The van der Waals surface area contributed by atoms with Crippen LogP contribution in [0.25, 0.3) is 0 Å². The minimum absolute atomic E-state index is 0.0228. The number of ether oxygens (including phenoxy) is 1. The first kappa shape index (κ1) is 23.9. The number of nitrogens with one attached hydrogen (secondary N) is 2. The second kappa shape index (κ2) is 11.2. The fourth-order valence-corrected chi connectivity index (χ4v) is 3.53. The smallest absolute Gasteiger partial charge is 0.211 e. The van der Waals surface area contributed by atoms with Gasteiger partial charge in [0.05, 0.1) is 5.69 Å². The number of aliphatic hydroxyl groups is 1. The van der Waals surface area contributed by atoms with Gasteiger partial charge in [0.2, 0.25) is 6.41 Å². The van der Waals surface area contributed by atoms with Crippen LogP contribution in [0.2, 0.25) is 0 Å². The van der Waals surface area contributed by atoms with Crippen LogP contribution < -0.4 is 15.4 Å². The summed E-state index contributed by atoms with van der Waals surface area (Å²) >= 11 is 0. The first-order valence-electron chi connectivity index (χ1n) is 10.6. The highest BCUT2D eigenvalue weighted by molar-refractivity contribution is 5.76. The van der Waals surface area contributed by atoms with Crippen molar-refractivity contribution in [1.82, 2.24) is 5.32 Å². The van der Waals surface area contributed by atoms with Gasteiger partial charge >= 0.3 is 0 Å². The molecule has 2 atom stereocenters. The molecule has 0 saturated heterocycles. The van der Waals surface area contributed by atoms with Crippen LogP contribution in [0.4, 0.5) is 5.69 Å². The fraction of sp³-hybridized carbons (Fsp3) is 0.240. The van der Waals surface area contributed by atoms with Crippen LogP contribution in [0.1, 0.15) is 30.4 Å². The van der Waals surface area contributed by atoms with Crippen LogP contribution in [-0.2, 0) is 4.79 Å². The second-order valence-electron chi connectivity index (χ2n) is 7.70. The number of aromatic hydroxyl groups is 3. The van der Waals surface area contributed by atoms with Gasteiger partial charge in [-0.3, -0.25) is 10.1 Å². The molecule has 8 nitrogen and oxygen atoms in total. The van der Waals surface area contributed by atoms with Crippen molar-refractivity contribution in [3.8, 4) is 23.0 Å². The van der Waals surface area contributed by atoms with Gasteiger partial charge in [0.1, 0.15) is 29.1 Å². The quantitative estimate of drug-likeness (QED) is 0.150. The van der Waals surface area contributed by atoms with Crippen LogP contribution in [0.15, 0.2) is 66.7 Å². The lowest BCUT2D eigenvalue weighted by Crippen LogP contribution is -2.43. The summed E-state index contributed by atoms with van der Waals surface area (Å²) in [4.78, 5) is 10.7. The van der Waals surface area contributed by atoms with Crippen molar-refractivity contribution in [3.05, 3.63) is 77.9 Å². The molecule has 3 rings (SSSR count). The highest BCUT2D eigenvalue weighted by atomic mass is 16.5. The molecule has 33 heavy (non-hydrogen) atoms. The molecular weight excluding hydrogens is 424 g/mol. The number of anilines is 1. The van der Waals surface area contributed by atoms with Gasteiger partial charge in [-0.2, -0.15) is 0 Å². The van der Waals surface area contributed by atoms with Crippen molar-refractivity contribution in [2.24, 2.45) is 0 Å². The molecule has 174 valence electrons. The zero-order chi connectivity index (χ0) is 23.8. The Hall–Kier alpha value is -3.75. The lowest BCUT2D eigenvalue weighted by Gasteiger charge is -2.25. The molecule has 0 aliphatic carbocycles.